The molecule has 2 amide bonds. The SMILES string of the molecule is C=CC(=O)NCCC(C)(C)OCC(C)(C)NC(=O)C=C. The van der Waals surface area contributed by atoms with Gasteiger partial charge in [-0.1, -0.05) is 13.2 Å². The number of ether oxygens (including phenoxy) is 1. The third-order valence-electron chi connectivity index (χ3n) is 2.68. The molecule has 0 spiro atoms. The highest BCUT2D eigenvalue weighted by atomic mass is 16.5. The van der Waals surface area contributed by atoms with Crippen LogP contribution >= 0.6 is 0 Å². The summed E-state index contributed by atoms with van der Waals surface area (Å²) in [7, 11) is 0. The van der Waals surface area contributed by atoms with Crippen molar-refractivity contribution in [2.45, 2.75) is 45.3 Å². The Morgan fingerprint density at radius 2 is 1.65 bits per heavy atom. The van der Waals surface area contributed by atoms with Gasteiger partial charge < -0.3 is 15.4 Å². The van der Waals surface area contributed by atoms with Crippen molar-refractivity contribution in [2.75, 3.05) is 13.2 Å². The maximum atomic E-state index is 11.3. The molecule has 0 bridgehead atoms. The third kappa shape index (κ3) is 8.48. The van der Waals surface area contributed by atoms with E-state index in [1.807, 2.05) is 27.7 Å². The monoisotopic (exact) mass is 282 g/mol. The normalized spacial score (nSPS) is 11.6. The van der Waals surface area contributed by atoms with E-state index in [0.717, 1.165) is 0 Å². The van der Waals surface area contributed by atoms with Gasteiger partial charge in [-0.2, -0.15) is 0 Å². The molecule has 0 radical (unpaired) electrons. The predicted octanol–water partition coefficient (Wildman–Crippen LogP) is 1.55. The maximum Gasteiger partial charge on any atom is 0.243 e. The van der Waals surface area contributed by atoms with Crippen LogP contribution in [0.25, 0.3) is 0 Å². The molecule has 20 heavy (non-hydrogen) atoms. The van der Waals surface area contributed by atoms with Gasteiger partial charge in [0, 0.05) is 6.54 Å². The zero-order valence-corrected chi connectivity index (χ0v) is 12.9. The maximum absolute atomic E-state index is 11.3. The molecular weight excluding hydrogens is 256 g/mol. The van der Waals surface area contributed by atoms with E-state index < -0.39 is 11.1 Å². The Hall–Kier alpha value is -1.62. The van der Waals surface area contributed by atoms with Crippen LogP contribution in [-0.4, -0.2) is 36.1 Å². The number of hydrogen-bond acceptors (Lipinski definition) is 3. The number of rotatable bonds is 9. The van der Waals surface area contributed by atoms with Crippen LogP contribution in [0.4, 0.5) is 0 Å². The Morgan fingerprint density at radius 3 is 2.15 bits per heavy atom. The van der Waals surface area contributed by atoms with Crippen LogP contribution < -0.4 is 10.6 Å². The van der Waals surface area contributed by atoms with Crippen molar-refractivity contribution < 1.29 is 14.3 Å². The van der Waals surface area contributed by atoms with E-state index in [9.17, 15) is 9.59 Å². The second-order valence-corrected chi connectivity index (χ2v) is 5.87. The van der Waals surface area contributed by atoms with Crippen molar-refractivity contribution in [1.29, 1.82) is 0 Å². The van der Waals surface area contributed by atoms with Gasteiger partial charge in [0.25, 0.3) is 0 Å². The van der Waals surface area contributed by atoms with Gasteiger partial charge >= 0.3 is 0 Å². The zero-order valence-electron chi connectivity index (χ0n) is 12.9. The van der Waals surface area contributed by atoms with Crippen molar-refractivity contribution in [3.63, 3.8) is 0 Å². The predicted molar refractivity (Wildman–Crippen MR) is 80.3 cm³/mol. The molecule has 0 aromatic rings. The number of hydrogen-bond donors (Lipinski definition) is 2. The Labute approximate surface area is 121 Å². The molecule has 0 aliphatic heterocycles. The standard InChI is InChI=1S/C15H26N2O3/c1-7-12(18)16-10-9-15(5,6)20-11-14(3,4)17-13(19)8-2/h7-8H,1-2,9-11H2,3-6H3,(H,16,18)(H,17,19). The van der Waals surface area contributed by atoms with E-state index in [2.05, 4.69) is 23.8 Å². The first kappa shape index (κ1) is 18.4. The summed E-state index contributed by atoms with van der Waals surface area (Å²) in [6, 6.07) is 0. The van der Waals surface area contributed by atoms with Crippen molar-refractivity contribution in [2.24, 2.45) is 0 Å². The van der Waals surface area contributed by atoms with E-state index >= 15 is 0 Å². The summed E-state index contributed by atoms with van der Waals surface area (Å²) in [6.07, 6.45) is 3.14. The van der Waals surface area contributed by atoms with Crippen LogP contribution in [0, 0.1) is 0 Å². The fourth-order valence-electron chi connectivity index (χ4n) is 1.43. The number of nitrogens with one attached hydrogen (secondary N) is 2. The molecule has 0 fully saturated rings. The average molecular weight is 282 g/mol. The molecule has 0 aromatic heterocycles. The molecule has 2 N–H and O–H groups in total. The minimum absolute atomic E-state index is 0.195. The number of carbonyl (C=O) groups excluding carboxylic acids is 2. The van der Waals surface area contributed by atoms with E-state index in [1.54, 1.807) is 0 Å². The molecule has 114 valence electrons. The molecule has 0 saturated carbocycles. The molecular formula is C15H26N2O3. The first-order valence-electron chi connectivity index (χ1n) is 6.61. The highest BCUT2D eigenvalue weighted by Gasteiger charge is 2.25. The minimum atomic E-state index is -0.479. The number of amides is 2. The molecule has 0 saturated heterocycles. The Kier molecular flexibility index (Phi) is 7.21. The van der Waals surface area contributed by atoms with Crippen molar-refractivity contribution >= 4 is 11.8 Å². The summed E-state index contributed by atoms with van der Waals surface area (Å²) in [4.78, 5) is 22.3. The van der Waals surface area contributed by atoms with E-state index in [1.165, 1.54) is 12.2 Å². The lowest BCUT2D eigenvalue weighted by Gasteiger charge is -2.32. The summed E-state index contributed by atoms with van der Waals surface area (Å²) < 4.78 is 5.83. The van der Waals surface area contributed by atoms with Crippen molar-refractivity contribution in [1.82, 2.24) is 10.6 Å². The molecule has 5 nitrogen and oxygen atoms in total. The van der Waals surface area contributed by atoms with Crippen molar-refractivity contribution in [3.05, 3.63) is 25.3 Å². The molecule has 0 aromatic carbocycles. The molecule has 5 heteroatoms. The van der Waals surface area contributed by atoms with E-state index in [0.29, 0.717) is 19.6 Å². The third-order valence-corrected chi connectivity index (χ3v) is 2.68. The second-order valence-electron chi connectivity index (χ2n) is 5.87. The Morgan fingerprint density at radius 1 is 1.10 bits per heavy atom. The highest BCUT2D eigenvalue weighted by Crippen LogP contribution is 2.16. The lowest BCUT2D eigenvalue weighted by Crippen LogP contribution is -2.48. The first-order valence-corrected chi connectivity index (χ1v) is 6.61. The summed E-state index contributed by atoms with van der Waals surface area (Å²) >= 11 is 0. The summed E-state index contributed by atoms with van der Waals surface area (Å²) in [5.41, 5.74) is -0.877. The zero-order chi connectivity index (χ0) is 15.8. The average Bonchev–Trinajstić information content (AvgIpc) is 2.35. The van der Waals surface area contributed by atoms with Crippen LogP contribution in [0.2, 0.25) is 0 Å². The summed E-state index contributed by atoms with van der Waals surface area (Å²) in [6.45, 7) is 15.3. The van der Waals surface area contributed by atoms with Crippen molar-refractivity contribution in [3.8, 4) is 0 Å². The fourth-order valence-corrected chi connectivity index (χ4v) is 1.43. The lowest BCUT2D eigenvalue weighted by atomic mass is 10.0. The van der Waals surface area contributed by atoms with Gasteiger partial charge in [0.2, 0.25) is 11.8 Å². The molecule has 0 rings (SSSR count). The molecule has 0 aliphatic rings. The van der Waals surface area contributed by atoms with Crippen LogP contribution in [0.15, 0.2) is 25.3 Å². The van der Waals surface area contributed by atoms with E-state index in [-0.39, 0.29) is 11.8 Å². The topological polar surface area (TPSA) is 67.4 Å². The van der Waals surface area contributed by atoms with Crippen LogP contribution in [-0.2, 0) is 14.3 Å². The second kappa shape index (κ2) is 7.85. The Bertz CT molecular complexity index is 373. The van der Waals surface area contributed by atoms with Gasteiger partial charge in [-0.3, -0.25) is 9.59 Å². The largest absolute Gasteiger partial charge is 0.373 e. The Balaban J connectivity index is 4.19. The quantitative estimate of drug-likeness (QED) is 0.631. The van der Waals surface area contributed by atoms with E-state index in [4.69, 9.17) is 4.74 Å². The number of carbonyl (C=O) groups is 2. The van der Waals surface area contributed by atoms with Gasteiger partial charge in [-0.25, -0.2) is 0 Å². The first-order chi connectivity index (χ1) is 9.12. The summed E-state index contributed by atoms with van der Waals surface area (Å²) in [5.74, 6) is -0.422. The smallest absolute Gasteiger partial charge is 0.243 e. The van der Waals surface area contributed by atoms with Crippen LogP contribution in [0.3, 0.4) is 0 Å². The van der Waals surface area contributed by atoms with Gasteiger partial charge in [0.1, 0.15) is 0 Å². The highest BCUT2D eigenvalue weighted by molar-refractivity contribution is 5.87. The lowest BCUT2D eigenvalue weighted by molar-refractivity contribution is -0.120. The van der Waals surface area contributed by atoms with Gasteiger partial charge in [-0.15, -0.1) is 0 Å². The molecule has 0 aliphatic carbocycles. The fraction of sp³-hybridized carbons (Fsp3) is 0.600. The molecule has 0 atom stereocenters. The van der Waals surface area contributed by atoms with Gasteiger partial charge in [0.05, 0.1) is 17.7 Å². The molecule has 0 unspecified atom stereocenters. The van der Waals surface area contributed by atoms with Crippen LogP contribution in [0.5, 0.6) is 0 Å². The van der Waals surface area contributed by atoms with Gasteiger partial charge in [-0.05, 0) is 46.3 Å². The summed E-state index contributed by atoms with van der Waals surface area (Å²) in [5, 5.41) is 5.50. The molecule has 0 heterocycles. The minimum Gasteiger partial charge on any atom is -0.373 e. The van der Waals surface area contributed by atoms with Gasteiger partial charge in [0.15, 0.2) is 0 Å². The van der Waals surface area contributed by atoms with Crippen LogP contribution in [0.1, 0.15) is 34.1 Å².